The molecule has 0 heterocycles. The van der Waals surface area contributed by atoms with Crippen molar-refractivity contribution in [3.05, 3.63) is 29.8 Å². The molecule has 0 spiro atoms. The lowest BCUT2D eigenvalue weighted by molar-refractivity contribution is 0.352. The van der Waals surface area contributed by atoms with Crippen molar-refractivity contribution >= 4 is 0 Å². The topological polar surface area (TPSA) is 21.3 Å². The summed E-state index contributed by atoms with van der Waals surface area (Å²) in [7, 11) is 1.75. The molecule has 2 nitrogen and oxygen atoms in total. The van der Waals surface area contributed by atoms with Gasteiger partial charge < -0.3 is 10.1 Å². The Hall–Kier alpha value is -1.02. The van der Waals surface area contributed by atoms with E-state index in [4.69, 9.17) is 4.74 Å². The third-order valence-electron chi connectivity index (χ3n) is 4.20. The average molecular weight is 261 g/mol. The fraction of sp³-hybridized carbons (Fsp3) is 0.647. The predicted molar refractivity (Wildman–Crippen MR) is 80.7 cm³/mol. The number of benzene rings is 1. The largest absolute Gasteiger partial charge is 0.496 e. The van der Waals surface area contributed by atoms with E-state index in [0.717, 1.165) is 5.75 Å². The van der Waals surface area contributed by atoms with Gasteiger partial charge in [-0.1, -0.05) is 50.3 Å². The van der Waals surface area contributed by atoms with Crippen molar-refractivity contribution in [1.29, 1.82) is 0 Å². The molecule has 19 heavy (non-hydrogen) atoms. The predicted octanol–water partition coefficient (Wildman–Crippen LogP) is 4.46. The first-order valence-corrected chi connectivity index (χ1v) is 7.70. The van der Waals surface area contributed by atoms with Crippen molar-refractivity contribution in [3.63, 3.8) is 0 Å². The number of nitrogens with one attached hydrogen (secondary N) is 1. The fourth-order valence-electron chi connectivity index (χ4n) is 3.09. The Morgan fingerprint density at radius 3 is 2.37 bits per heavy atom. The molecule has 1 aliphatic rings. The highest BCUT2D eigenvalue weighted by Gasteiger charge is 2.16. The molecule has 0 bridgehead atoms. The zero-order valence-electron chi connectivity index (χ0n) is 12.3. The lowest BCUT2D eigenvalue weighted by Gasteiger charge is -2.26. The van der Waals surface area contributed by atoms with Gasteiger partial charge in [-0.05, 0) is 25.8 Å². The third kappa shape index (κ3) is 4.24. The summed E-state index contributed by atoms with van der Waals surface area (Å²) in [5.74, 6) is 0.994. The summed E-state index contributed by atoms with van der Waals surface area (Å²) in [5.41, 5.74) is 1.27. The van der Waals surface area contributed by atoms with Crippen LogP contribution in [0.3, 0.4) is 0 Å². The second-order valence-corrected chi connectivity index (χ2v) is 5.67. The van der Waals surface area contributed by atoms with Crippen molar-refractivity contribution in [2.45, 2.75) is 64.0 Å². The summed E-state index contributed by atoms with van der Waals surface area (Å²) in [4.78, 5) is 0. The van der Waals surface area contributed by atoms with E-state index in [0.29, 0.717) is 12.1 Å². The van der Waals surface area contributed by atoms with Crippen LogP contribution >= 0.6 is 0 Å². The van der Waals surface area contributed by atoms with Crippen molar-refractivity contribution < 1.29 is 4.74 Å². The number of hydrogen-bond acceptors (Lipinski definition) is 2. The maximum atomic E-state index is 5.46. The van der Waals surface area contributed by atoms with Crippen molar-refractivity contribution in [3.8, 4) is 5.75 Å². The van der Waals surface area contributed by atoms with Crippen LogP contribution in [0.15, 0.2) is 24.3 Å². The summed E-state index contributed by atoms with van der Waals surface area (Å²) in [6.07, 6.45) is 9.61. The molecule has 0 aromatic heterocycles. The summed E-state index contributed by atoms with van der Waals surface area (Å²) in [6, 6.07) is 9.37. The molecule has 1 N–H and O–H groups in total. The summed E-state index contributed by atoms with van der Waals surface area (Å²) in [6.45, 7) is 2.25. The fourth-order valence-corrected chi connectivity index (χ4v) is 3.09. The van der Waals surface area contributed by atoms with E-state index >= 15 is 0 Å². The van der Waals surface area contributed by atoms with Gasteiger partial charge in [0.1, 0.15) is 5.75 Å². The third-order valence-corrected chi connectivity index (χ3v) is 4.20. The quantitative estimate of drug-likeness (QED) is 0.864. The Labute approximate surface area is 117 Å². The molecule has 1 saturated carbocycles. The molecule has 1 unspecified atom stereocenters. The molecule has 2 rings (SSSR count). The molecule has 106 valence electrons. The van der Waals surface area contributed by atoms with Crippen LogP contribution in [0.5, 0.6) is 5.75 Å². The number of methoxy groups -OCH3 is 1. The van der Waals surface area contributed by atoms with Crippen LogP contribution in [-0.2, 0) is 0 Å². The molecule has 1 aromatic carbocycles. The molecule has 0 amide bonds. The molecule has 0 saturated heterocycles. The zero-order chi connectivity index (χ0) is 13.5. The first kappa shape index (κ1) is 14.4. The van der Waals surface area contributed by atoms with Crippen LogP contribution in [0.1, 0.15) is 63.5 Å². The van der Waals surface area contributed by atoms with Gasteiger partial charge >= 0.3 is 0 Å². The normalized spacial score (nSPS) is 19.5. The standard InChI is InChI=1S/C17H27NO/c1-14(16-12-8-9-13-17(16)19-2)18-15-10-6-4-3-5-7-11-15/h8-9,12-15,18H,3-7,10-11H2,1-2H3. The number of hydrogen-bond donors (Lipinski definition) is 1. The molecular formula is C17H27NO. The molecule has 2 heteroatoms. The lowest BCUT2D eigenvalue weighted by Crippen LogP contribution is -2.32. The maximum absolute atomic E-state index is 5.46. The Balaban J connectivity index is 1.96. The van der Waals surface area contributed by atoms with Gasteiger partial charge in [0.15, 0.2) is 0 Å². The van der Waals surface area contributed by atoms with E-state index in [1.54, 1.807) is 7.11 Å². The summed E-state index contributed by atoms with van der Waals surface area (Å²) in [5, 5.41) is 3.80. The maximum Gasteiger partial charge on any atom is 0.123 e. The van der Waals surface area contributed by atoms with E-state index in [1.807, 2.05) is 12.1 Å². The molecule has 0 aliphatic heterocycles. The Kier molecular flexibility index (Phi) is 5.71. The highest BCUT2D eigenvalue weighted by Crippen LogP contribution is 2.26. The summed E-state index contributed by atoms with van der Waals surface area (Å²) < 4.78 is 5.46. The van der Waals surface area contributed by atoms with E-state index < -0.39 is 0 Å². The zero-order valence-corrected chi connectivity index (χ0v) is 12.3. The Morgan fingerprint density at radius 2 is 1.68 bits per heavy atom. The van der Waals surface area contributed by atoms with Gasteiger partial charge in [0.25, 0.3) is 0 Å². The minimum atomic E-state index is 0.362. The molecule has 1 aromatic rings. The number of para-hydroxylation sites is 1. The van der Waals surface area contributed by atoms with Gasteiger partial charge in [-0.3, -0.25) is 0 Å². The van der Waals surface area contributed by atoms with Crippen molar-refractivity contribution in [2.75, 3.05) is 7.11 Å². The second-order valence-electron chi connectivity index (χ2n) is 5.67. The smallest absolute Gasteiger partial charge is 0.123 e. The van der Waals surface area contributed by atoms with Crippen LogP contribution < -0.4 is 10.1 Å². The van der Waals surface area contributed by atoms with Crippen LogP contribution in [0, 0.1) is 0 Å². The molecule has 1 aliphatic carbocycles. The highest BCUT2D eigenvalue weighted by molar-refractivity contribution is 5.35. The SMILES string of the molecule is COc1ccccc1C(C)NC1CCCCCCC1. The first-order valence-electron chi connectivity index (χ1n) is 7.70. The van der Waals surface area contributed by atoms with E-state index in [9.17, 15) is 0 Å². The summed E-state index contributed by atoms with van der Waals surface area (Å²) >= 11 is 0. The van der Waals surface area contributed by atoms with E-state index in [-0.39, 0.29) is 0 Å². The highest BCUT2D eigenvalue weighted by atomic mass is 16.5. The van der Waals surface area contributed by atoms with Gasteiger partial charge in [-0.25, -0.2) is 0 Å². The number of rotatable bonds is 4. The molecule has 1 atom stereocenters. The van der Waals surface area contributed by atoms with E-state index in [2.05, 4.69) is 24.4 Å². The molecule has 1 fully saturated rings. The minimum Gasteiger partial charge on any atom is -0.496 e. The van der Waals surface area contributed by atoms with Gasteiger partial charge in [-0.15, -0.1) is 0 Å². The van der Waals surface area contributed by atoms with E-state index in [1.165, 1.54) is 50.5 Å². The second kappa shape index (κ2) is 7.54. The minimum absolute atomic E-state index is 0.362. The van der Waals surface area contributed by atoms with Gasteiger partial charge in [0, 0.05) is 17.6 Å². The first-order chi connectivity index (χ1) is 9.31. The van der Waals surface area contributed by atoms with Crippen molar-refractivity contribution in [1.82, 2.24) is 5.32 Å². The Bertz CT molecular complexity index is 369. The van der Waals surface area contributed by atoms with Crippen LogP contribution in [0.2, 0.25) is 0 Å². The average Bonchev–Trinajstić information content (AvgIpc) is 2.41. The van der Waals surface area contributed by atoms with Crippen LogP contribution in [0.4, 0.5) is 0 Å². The Morgan fingerprint density at radius 1 is 1.05 bits per heavy atom. The van der Waals surface area contributed by atoms with Crippen LogP contribution in [-0.4, -0.2) is 13.2 Å². The molecule has 0 radical (unpaired) electrons. The van der Waals surface area contributed by atoms with Crippen LogP contribution in [0.25, 0.3) is 0 Å². The number of ether oxygens (including phenoxy) is 1. The van der Waals surface area contributed by atoms with Gasteiger partial charge in [0.2, 0.25) is 0 Å². The molecular weight excluding hydrogens is 234 g/mol. The lowest BCUT2D eigenvalue weighted by atomic mass is 9.95. The van der Waals surface area contributed by atoms with Crippen molar-refractivity contribution in [2.24, 2.45) is 0 Å². The van der Waals surface area contributed by atoms with Gasteiger partial charge in [0.05, 0.1) is 7.11 Å². The van der Waals surface area contributed by atoms with Gasteiger partial charge in [-0.2, -0.15) is 0 Å². The monoisotopic (exact) mass is 261 g/mol.